The van der Waals surface area contributed by atoms with Crippen molar-refractivity contribution in [2.75, 3.05) is 26.2 Å². The number of ether oxygens (including phenoxy) is 1. The van der Waals surface area contributed by atoms with Gasteiger partial charge >= 0.3 is 6.09 Å². The van der Waals surface area contributed by atoms with E-state index < -0.39 is 5.60 Å². The van der Waals surface area contributed by atoms with Crippen LogP contribution in [0, 0.1) is 5.82 Å². The molecule has 2 aromatic heterocycles. The van der Waals surface area contributed by atoms with E-state index in [2.05, 4.69) is 15.1 Å². The third kappa shape index (κ3) is 5.60. The Hall–Kier alpha value is -4.04. The van der Waals surface area contributed by atoms with Crippen LogP contribution in [0.15, 0.2) is 79.3 Å². The van der Waals surface area contributed by atoms with Crippen molar-refractivity contribution >= 4 is 6.09 Å². The number of amides is 1. The Bertz CT molecular complexity index is 1380. The second-order valence-corrected chi connectivity index (χ2v) is 10.4. The zero-order valence-corrected chi connectivity index (χ0v) is 21.9. The van der Waals surface area contributed by atoms with Gasteiger partial charge in [-0.05, 0) is 38.5 Å². The molecule has 0 aliphatic carbocycles. The highest BCUT2D eigenvalue weighted by Crippen LogP contribution is 2.37. The Morgan fingerprint density at radius 2 is 1.66 bits per heavy atom. The molecular weight excluding hydrogens is 481 g/mol. The third-order valence-corrected chi connectivity index (χ3v) is 6.60. The molecule has 1 saturated heterocycles. The van der Waals surface area contributed by atoms with E-state index in [1.807, 2.05) is 75.6 Å². The van der Waals surface area contributed by atoms with Crippen LogP contribution >= 0.6 is 0 Å². The van der Waals surface area contributed by atoms with Crippen molar-refractivity contribution in [1.82, 2.24) is 25.0 Å². The molecule has 196 valence electrons. The number of hydrogen-bond donors (Lipinski definition) is 1. The lowest BCUT2D eigenvalue weighted by atomic mass is 9.93. The van der Waals surface area contributed by atoms with Crippen molar-refractivity contribution in [3.05, 3.63) is 96.2 Å². The highest BCUT2D eigenvalue weighted by Gasteiger charge is 2.31. The Morgan fingerprint density at radius 3 is 2.32 bits per heavy atom. The summed E-state index contributed by atoms with van der Waals surface area (Å²) in [7, 11) is 0. The van der Waals surface area contributed by atoms with Crippen LogP contribution in [0.25, 0.3) is 22.4 Å². The maximum atomic E-state index is 15.1. The average Bonchev–Trinajstić information content (AvgIpc) is 3.43. The molecule has 2 aromatic carbocycles. The first-order valence-corrected chi connectivity index (χ1v) is 12.8. The molecule has 0 saturated carbocycles. The summed E-state index contributed by atoms with van der Waals surface area (Å²) < 4.78 is 20.6. The Kier molecular flexibility index (Phi) is 7.24. The fourth-order valence-corrected chi connectivity index (χ4v) is 4.86. The monoisotopic (exact) mass is 513 g/mol. The fourth-order valence-electron chi connectivity index (χ4n) is 4.86. The van der Waals surface area contributed by atoms with Crippen LogP contribution in [0.2, 0.25) is 0 Å². The summed E-state index contributed by atoms with van der Waals surface area (Å²) in [5.41, 5.74) is 4.24. The minimum atomic E-state index is -0.539. The standard InChI is InChI=1S/C30H32FN5O2/c1-30(2,3)38-29(37)36-15-13-35(14-16-36)28(23-19-33-34-20-23)22-17-25(24-11-7-8-12-26(24)31)27(32-18-22)21-9-5-4-6-10-21/h4-12,17-20,28H,13-16H2,1-3H3,(H,33,34). The second kappa shape index (κ2) is 10.8. The lowest BCUT2D eigenvalue weighted by Gasteiger charge is -2.39. The minimum Gasteiger partial charge on any atom is -0.444 e. The fraction of sp³-hybridized carbons (Fsp3) is 0.300. The second-order valence-electron chi connectivity index (χ2n) is 10.4. The van der Waals surface area contributed by atoms with E-state index in [4.69, 9.17) is 9.72 Å². The first-order chi connectivity index (χ1) is 18.3. The molecule has 3 heterocycles. The molecule has 1 amide bonds. The maximum Gasteiger partial charge on any atom is 0.410 e. The molecule has 38 heavy (non-hydrogen) atoms. The number of aromatic amines is 1. The normalized spacial score (nSPS) is 15.3. The highest BCUT2D eigenvalue weighted by molar-refractivity contribution is 5.81. The molecule has 1 N–H and O–H groups in total. The quantitative estimate of drug-likeness (QED) is 0.359. The smallest absolute Gasteiger partial charge is 0.410 e. The van der Waals surface area contributed by atoms with Gasteiger partial charge in [0.1, 0.15) is 11.4 Å². The van der Waals surface area contributed by atoms with Crippen molar-refractivity contribution in [1.29, 1.82) is 0 Å². The minimum absolute atomic E-state index is 0.169. The number of halogens is 1. The van der Waals surface area contributed by atoms with Crippen LogP contribution < -0.4 is 0 Å². The third-order valence-electron chi connectivity index (χ3n) is 6.60. The van der Waals surface area contributed by atoms with Gasteiger partial charge in [-0.15, -0.1) is 0 Å². The number of hydrogen-bond acceptors (Lipinski definition) is 5. The molecule has 0 radical (unpaired) electrons. The number of pyridine rings is 1. The summed E-state index contributed by atoms with van der Waals surface area (Å²) >= 11 is 0. The van der Waals surface area contributed by atoms with Crippen LogP contribution in [-0.4, -0.2) is 62.9 Å². The van der Waals surface area contributed by atoms with Crippen LogP contribution in [0.3, 0.4) is 0 Å². The van der Waals surface area contributed by atoms with Gasteiger partial charge < -0.3 is 9.64 Å². The zero-order chi connectivity index (χ0) is 26.7. The molecule has 5 rings (SSSR count). The van der Waals surface area contributed by atoms with Gasteiger partial charge in [-0.25, -0.2) is 9.18 Å². The van der Waals surface area contributed by atoms with Crippen LogP contribution in [0.4, 0.5) is 9.18 Å². The Morgan fingerprint density at radius 1 is 0.947 bits per heavy atom. The number of carbonyl (C=O) groups excluding carboxylic acids is 1. The molecular formula is C30H32FN5O2. The van der Waals surface area contributed by atoms with Gasteiger partial charge in [-0.1, -0.05) is 48.5 Å². The van der Waals surface area contributed by atoms with Gasteiger partial charge in [-0.2, -0.15) is 5.10 Å². The summed E-state index contributed by atoms with van der Waals surface area (Å²) in [5.74, 6) is -0.297. The molecule has 7 nitrogen and oxygen atoms in total. The average molecular weight is 514 g/mol. The lowest BCUT2D eigenvalue weighted by molar-refractivity contribution is 0.0119. The largest absolute Gasteiger partial charge is 0.444 e. The summed E-state index contributed by atoms with van der Waals surface area (Å²) in [4.78, 5) is 21.5. The van der Waals surface area contributed by atoms with Crippen molar-refractivity contribution < 1.29 is 13.9 Å². The Balaban J connectivity index is 1.51. The van der Waals surface area contributed by atoms with Gasteiger partial charge in [0.15, 0.2) is 0 Å². The first-order valence-electron chi connectivity index (χ1n) is 12.8. The number of aromatic nitrogens is 3. The SMILES string of the molecule is CC(C)(C)OC(=O)N1CCN(C(c2cn[nH]c2)c2cnc(-c3ccccc3)c(-c3ccccc3F)c2)CC1. The van der Waals surface area contributed by atoms with Crippen LogP contribution in [0.1, 0.15) is 37.9 Å². The lowest BCUT2D eigenvalue weighted by Crippen LogP contribution is -2.51. The van der Waals surface area contributed by atoms with Crippen molar-refractivity contribution in [3.63, 3.8) is 0 Å². The van der Waals surface area contributed by atoms with E-state index in [-0.39, 0.29) is 18.0 Å². The predicted octanol–water partition coefficient (Wildman–Crippen LogP) is 5.92. The summed E-state index contributed by atoms with van der Waals surface area (Å²) in [5, 5.41) is 7.11. The van der Waals surface area contributed by atoms with E-state index in [1.54, 1.807) is 23.2 Å². The molecule has 1 unspecified atom stereocenters. The van der Waals surface area contributed by atoms with Gasteiger partial charge in [0, 0.05) is 60.8 Å². The van der Waals surface area contributed by atoms with Gasteiger partial charge in [0.2, 0.25) is 0 Å². The van der Waals surface area contributed by atoms with E-state index in [0.717, 1.165) is 27.9 Å². The maximum absolute atomic E-state index is 15.1. The van der Waals surface area contributed by atoms with Crippen LogP contribution in [-0.2, 0) is 4.74 Å². The predicted molar refractivity (Wildman–Crippen MR) is 145 cm³/mol. The number of nitrogens with zero attached hydrogens (tertiary/aromatic N) is 4. The van der Waals surface area contributed by atoms with Crippen molar-refractivity contribution in [2.24, 2.45) is 0 Å². The summed E-state index contributed by atoms with van der Waals surface area (Å²) in [6, 6.07) is 18.5. The van der Waals surface area contributed by atoms with E-state index >= 15 is 4.39 Å². The van der Waals surface area contributed by atoms with E-state index in [9.17, 15) is 4.79 Å². The topological polar surface area (TPSA) is 74.3 Å². The Labute approximate surface area is 222 Å². The summed E-state index contributed by atoms with van der Waals surface area (Å²) in [6.07, 6.45) is 5.25. The number of benzene rings is 2. The number of nitrogens with one attached hydrogen (secondary N) is 1. The van der Waals surface area contributed by atoms with Crippen LogP contribution in [0.5, 0.6) is 0 Å². The zero-order valence-electron chi connectivity index (χ0n) is 21.9. The molecule has 4 aromatic rings. The molecule has 0 bridgehead atoms. The first kappa shape index (κ1) is 25.6. The number of carbonyl (C=O) groups is 1. The van der Waals surface area contributed by atoms with Crippen molar-refractivity contribution in [3.8, 4) is 22.4 Å². The molecule has 1 fully saturated rings. The van der Waals surface area contributed by atoms with Gasteiger partial charge in [-0.3, -0.25) is 15.0 Å². The molecule has 0 spiro atoms. The molecule has 1 aliphatic rings. The number of rotatable bonds is 5. The number of H-pyrrole nitrogens is 1. The number of piperazine rings is 1. The summed E-state index contributed by atoms with van der Waals surface area (Å²) in [6.45, 7) is 7.98. The molecule has 1 aliphatic heterocycles. The van der Waals surface area contributed by atoms with Gasteiger partial charge in [0.25, 0.3) is 0 Å². The van der Waals surface area contributed by atoms with E-state index in [1.165, 1.54) is 6.07 Å². The highest BCUT2D eigenvalue weighted by atomic mass is 19.1. The van der Waals surface area contributed by atoms with Gasteiger partial charge in [0.05, 0.1) is 17.9 Å². The molecule has 1 atom stereocenters. The van der Waals surface area contributed by atoms with Crippen molar-refractivity contribution in [2.45, 2.75) is 32.4 Å². The van der Waals surface area contributed by atoms with E-state index in [0.29, 0.717) is 31.7 Å². The molecule has 8 heteroatoms.